The molecule has 0 bridgehead atoms. The average molecular weight is 294 g/mol. The van der Waals surface area contributed by atoms with Crippen molar-refractivity contribution >= 4 is 0 Å². The van der Waals surface area contributed by atoms with Crippen molar-refractivity contribution in [3.05, 3.63) is 23.8 Å². The van der Waals surface area contributed by atoms with Crippen molar-refractivity contribution in [2.45, 2.75) is 31.5 Å². The van der Waals surface area contributed by atoms with Crippen LogP contribution in [-0.4, -0.2) is 51.5 Å². The Bertz CT molecular complexity index is 467. The van der Waals surface area contributed by atoms with Gasteiger partial charge < -0.3 is 19.9 Å². The lowest BCUT2D eigenvalue weighted by molar-refractivity contribution is 0.0681. The molecule has 1 aromatic rings. The highest BCUT2D eigenvalue weighted by molar-refractivity contribution is 5.42. The molecule has 5 nitrogen and oxygen atoms in total. The molecule has 1 aliphatic rings. The quantitative estimate of drug-likeness (QED) is 0.867. The van der Waals surface area contributed by atoms with Crippen molar-refractivity contribution in [1.29, 1.82) is 0 Å². The summed E-state index contributed by atoms with van der Waals surface area (Å²) in [6, 6.07) is 6.28. The highest BCUT2D eigenvalue weighted by Gasteiger charge is 2.33. The normalized spacial score (nSPS) is 23.3. The highest BCUT2D eigenvalue weighted by atomic mass is 16.5. The molecule has 5 heteroatoms. The third kappa shape index (κ3) is 3.31. The maximum absolute atomic E-state index is 6.06. The molecular weight excluding hydrogens is 268 g/mol. The minimum absolute atomic E-state index is 0.0733. The molecule has 0 aliphatic carbocycles. The lowest BCUT2D eigenvalue weighted by atomic mass is 10.00. The van der Waals surface area contributed by atoms with Crippen molar-refractivity contribution in [2.75, 3.05) is 34.4 Å². The number of hydrogen-bond donors (Lipinski definition) is 1. The van der Waals surface area contributed by atoms with Crippen LogP contribution in [0.1, 0.15) is 24.9 Å². The van der Waals surface area contributed by atoms with Gasteiger partial charge in [-0.2, -0.15) is 0 Å². The van der Waals surface area contributed by atoms with Gasteiger partial charge in [-0.3, -0.25) is 4.90 Å². The Balaban J connectivity index is 2.31. The first-order valence-corrected chi connectivity index (χ1v) is 7.37. The lowest BCUT2D eigenvalue weighted by Gasteiger charge is -2.34. The molecule has 1 heterocycles. The molecule has 1 saturated heterocycles. The molecule has 3 unspecified atom stereocenters. The number of nitrogens with zero attached hydrogens (tertiary/aromatic N) is 1. The third-order valence-corrected chi connectivity index (χ3v) is 4.37. The summed E-state index contributed by atoms with van der Waals surface area (Å²) in [6.07, 6.45) is 1.25. The fraction of sp³-hybridized carbons (Fsp3) is 0.625. The first kappa shape index (κ1) is 16.1. The van der Waals surface area contributed by atoms with Gasteiger partial charge in [-0.1, -0.05) is 0 Å². The Morgan fingerprint density at radius 2 is 2.14 bits per heavy atom. The molecule has 0 aromatic heterocycles. The first-order chi connectivity index (χ1) is 10.1. The van der Waals surface area contributed by atoms with Crippen molar-refractivity contribution < 1.29 is 14.2 Å². The molecule has 0 spiro atoms. The molecule has 0 amide bonds. The van der Waals surface area contributed by atoms with Gasteiger partial charge in [-0.15, -0.1) is 0 Å². The predicted molar refractivity (Wildman–Crippen MR) is 82.9 cm³/mol. The van der Waals surface area contributed by atoms with Crippen molar-refractivity contribution in [1.82, 2.24) is 4.90 Å². The van der Waals surface area contributed by atoms with Gasteiger partial charge in [0.25, 0.3) is 0 Å². The second kappa shape index (κ2) is 7.11. The molecule has 1 aromatic carbocycles. The van der Waals surface area contributed by atoms with Gasteiger partial charge in [-0.05, 0) is 38.6 Å². The zero-order valence-corrected chi connectivity index (χ0v) is 13.3. The first-order valence-electron chi connectivity index (χ1n) is 7.37. The summed E-state index contributed by atoms with van der Waals surface area (Å²) in [5.74, 6) is 1.65. The number of hydrogen-bond acceptors (Lipinski definition) is 5. The van der Waals surface area contributed by atoms with Crippen LogP contribution in [0.4, 0.5) is 0 Å². The highest BCUT2D eigenvalue weighted by Crippen LogP contribution is 2.34. The summed E-state index contributed by atoms with van der Waals surface area (Å²) in [7, 11) is 5.45. The molecule has 118 valence electrons. The molecule has 1 aliphatic heterocycles. The van der Waals surface area contributed by atoms with Gasteiger partial charge in [0, 0.05) is 24.8 Å². The van der Waals surface area contributed by atoms with Crippen LogP contribution in [0.15, 0.2) is 18.2 Å². The summed E-state index contributed by atoms with van der Waals surface area (Å²) < 4.78 is 16.5. The Labute approximate surface area is 127 Å². The zero-order chi connectivity index (χ0) is 15.4. The molecule has 2 N–H and O–H groups in total. The Morgan fingerprint density at radius 1 is 1.38 bits per heavy atom. The van der Waals surface area contributed by atoms with Crippen LogP contribution in [0.25, 0.3) is 0 Å². The number of ether oxygens (including phenoxy) is 3. The monoisotopic (exact) mass is 294 g/mol. The molecule has 21 heavy (non-hydrogen) atoms. The van der Waals surface area contributed by atoms with Crippen LogP contribution < -0.4 is 15.2 Å². The standard InChI is InChI=1S/C16H26N2O3/c1-11-14(7-8-21-11)18(2)15(10-17)13-9-12(19-3)5-6-16(13)20-4/h5-6,9,11,14-15H,7-8,10,17H2,1-4H3. The molecular formula is C16H26N2O3. The van der Waals surface area contributed by atoms with E-state index in [1.807, 2.05) is 18.2 Å². The third-order valence-electron chi connectivity index (χ3n) is 4.37. The summed E-state index contributed by atoms with van der Waals surface area (Å²) in [6.45, 7) is 3.44. The van der Waals surface area contributed by atoms with E-state index < -0.39 is 0 Å². The van der Waals surface area contributed by atoms with E-state index in [2.05, 4.69) is 18.9 Å². The molecule has 1 fully saturated rings. The van der Waals surface area contributed by atoms with E-state index in [0.717, 1.165) is 30.1 Å². The van der Waals surface area contributed by atoms with E-state index in [1.165, 1.54) is 0 Å². The van der Waals surface area contributed by atoms with Crippen LogP contribution >= 0.6 is 0 Å². The SMILES string of the molecule is COc1ccc(OC)c(C(CN)N(C)C2CCOC2C)c1. The van der Waals surface area contributed by atoms with Gasteiger partial charge >= 0.3 is 0 Å². The van der Waals surface area contributed by atoms with Gasteiger partial charge in [0.15, 0.2) is 0 Å². The van der Waals surface area contributed by atoms with Crippen LogP contribution in [0.2, 0.25) is 0 Å². The lowest BCUT2D eigenvalue weighted by Crippen LogP contribution is -2.42. The molecule has 2 rings (SSSR count). The Hall–Kier alpha value is -1.30. The van der Waals surface area contributed by atoms with E-state index in [-0.39, 0.29) is 12.1 Å². The number of rotatable bonds is 6. The number of likely N-dealkylation sites (N-methyl/N-ethyl adjacent to an activating group) is 1. The van der Waals surface area contributed by atoms with Gasteiger partial charge in [0.05, 0.1) is 26.4 Å². The van der Waals surface area contributed by atoms with Crippen molar-refractivity contribution in [3.8, 4) is 11.5 Å². The number of methoxy groups -OCH3 is 2. The largest absolute Gasteiger partial charge is 0.497 e. The predicted octanol–water partition coefficient (Wildman–Crippen LogP) is 1.81. The van der Waals surface area contributed by atoms with Crippen molar-refractivity contribution in [3.63, 3.8) is 0 Å². The Morgan fingerprint density at radius 3 is 2.67 bits per heavy atom. The van der Waals surface area contributed by atoms with Crippen LogP contribution in [-0.2, 0) is 4.74 Å². The molecule has 0 radical (unpaired) electrons. The fourth-order valence-corrected chi connectivity index (χ4v) is 3.10. The minimum atomic E-state index is 0.0733. The maximum atomic E-state index is 6.06. The summed E-state index contributed by atoms with van der Waals surface area (Å²) in [5, 5.41) is 0. The van der Waals surface area contributed by atoms with Gasteiger partial charge in [-0.25, -0.2) is 0 Å². The molecule has 0 saturated carbocycles. The summed E-state index contributed by atoms with van der Waals surface area (Å²) in [4.78, 5) is 2.30. The van der Waals surface area contributed by atoms with E-state index in [9.17, 15) is 0 Å². The number of benzene rings is 1. The van der Waals surface area contributed by atoms with E-state index >= 15 is 0 Å². The van der Waals surface area contributed by atoms with E-state index in [1.54, 1.807) is 14.2 Å². The van der Waals surface area contributed by atoms with E-state index in [0.29, 0.717) is 12.6 Å². The zero-order valence-electron chi connectivity index (χ0n) is 13.3. The van der Waals surface area contributed by atoms with Crippen LogP contribution in [0, 0.1) is 0 Å². The second-order valence-electron chi connectivity index (χ2n) is 5.46. The topological polar surface area (TPSA) is 57.0 Å². The summed E-state index contributed by atoms with van der Waals surface area (Å²) in [5.41, 5.74) is 7.11. The minimum Gasteiger partial charge on any atom is -0.497 e. The van der Waals surface area contributed by atoms with E-state index in [4.69, 9.17) is 19.9 Å². The van der Waals surface area contributed by atoms with Gasteiger partial charge in [0.2, 0.25) is 0 Å². The average Bonchev–Trinajstić information content (AvgIpc) is 2.93. The van der Waals surface area contributed by atoms with Crippen molar-refractivity contribution in [2.24, 2.45) is 5.73 Å². The number of nitrogens with two attached hydrogens (primary N) is 1. The molecule has 3 atom stereocenters. The fourth-order valence-electron chi connectivity index (χ4n) is 3.10. The van der Waals surface area contributed by atoms with Crippen LogP contribution in [0.3, 0.4) is 0 Å². The maximum Gasteiger partial charge on any atom is 0.123 e. The Kier molecular flexibility index (Phi) is 5.45. The second-order valence-corrected chi connectivity index (χ2v) is 5.46. The van der Waals surface area contributed by atoms with Crippen LogP contribution in [0.5, 0.6) is 11.5 Å². The smallest absolute Gasteiger partial charge is 0.123 e. The van der Waals surface area contributed by atoms with Gasteiger partial charge in [0.1, 0.15) is 11.5 Å². The summed E-state index contributed by atoms with van der Waals surface area (Å²) >= 11 is 0.